The summed E-state index contributed by atoms with van der Waals surface area (Å²) in [6.07, 6.45) is 0.825. The summed E-state index contributed by atoms with van der Waals surface area (Å²) in [4.78, 5) is 23.8. The molecule has 2 rings (SSSR count). The third-order valence-electron chi connectivity index (χ3n) is 3.30. The summed E-state index contributed by atoms with van der Waals surface area (Å²) in [5.41, 5.74) is 1.26. The normalized spacial score (nSPS) is 10.2. The van der Waals surface area contributed by atoms with Crippen molar-refractivity contribution in [1.29, 1.82) is 0 Å². The van der Waals surface area contributed by atoms with Gasteiger partial charge < -0.3 is 14.8 Å². The van der Waals surface area contributed by atoms with Gasteiger partial charge in [-0.05, 0) is 36.2 Å². The minimum atomic E-state index is -0.587. The number of carbonyl (C=O) groups excluding carboxylic acids is 2. The van der Waals surface area contributed by atoms with Crippen molar-refractivity contribution in [3.63, 3.8) is 0 Å². The van der Waals surface area contributed by atoms with E-state index in [1.165, 1.54) is 0 Å². The molecular weight excluding hydrogens is 386 g/mol. The van der Waals surface area contributed by atoms with Gasteiger partial charge in [-0.15, -0.1) is 0 Å². The minimum Gasteiger partial charge on any atom is -0.488 e. The van der Waals surface area contributed by atoms with Gasteiger partial charge in [-0.2, -0.15) is 0 Å². The van der Waals surface area contributed by atoms with Crippen molar-refractivity contribution in [2.24, 2.45) is 0 Å². The molecule has 0 fully saturated rings. The first-order valence-electron chi connectivity index (χ1n) is 8.00. The predicted octanol–water partition coefficient (Wildman–Crippen LogP) is 3.71. The van der Waals surface area contributed by atoms with Crippen LogP contribution in [0.1, 0.15) is 29.3 Å². The summed E-state index contributed by atoms with van der Waals surface area (Å²) in [5, 5.41) is 2.65. The van der Waals surface area contributed by atoms with Gasteiger partial charge in [0.1, 0.15) is 17.9 Å². The molecule has 0 unspecified atom stereocenters. The number of amides is 1. The molecule has 25 heavy (non-hydrogen) atoms. The molecule has 0 atom stereocenters. The molecule has 2 aromatic rings. The maximum atomic E-state index is 12.2. The highest BCUT2D eigenvalue weighted by molar-refractivity contribution is 9.10. The van der Waals surface area contributed by atoms with E-state index in [1.807, 2.05) is 31.2 Å². The van der Waals surface area contributed by atoms with Gasteiger partial charge in [-0.25, -0.2) is 4.79 Å². The van der Waals surface area contributed by atoms with Crippen molar-refractivity contribution >= 4 is 27.8 Å². The van der Waals surface area contributed by atoms with Crippen LogP contribution >= 0.6 is 15.9 Å². The molecule has 6 heteroatoms. The predicted molar refractivity (Wildman–Crippen MR) is 98.5 cm³/mol. The number of hydrogen-bond donors (Lipinski definition) is 1. The maximum Gasteiger partial charge on any atom is 0.342 e. The molecule has 5 nitrogen and oxygen atoms in total. The zero-order valence-electron chi connectivity index (χ0n) is 14.0. The Labute approximate surface area is 155 Å². The smallest absolute Gasteiger partial charge is 0.342 e. The molecule has 0 aromatic heterocycles. The summed E-state index contributed by atoms with van der Waals surface area (Å²) in [7, 11) is 0. The molecule has 0 aliphatic carbocycles. The summed E-state index contributed by atoms with van der Waals surface area (Å²) in [6.45, 7) is 2.52. The Kier molecular flexibility index (Phi) is 7.47. The standard InChI is InChI=1S/C19H20BrNO4/c1-2-10-21-18(22)13-25-19(23)16-8-3-4-9-17(16)24-12-14-6-5-7-15(20)11-14/h3-9,11H,2,10,12-13H2,1H3,(H,21,22). The number of ether oxygens (including phenoxy) is 2. The quantitative estimate of drug-likeness (QED) is 0.679. The molecule has 0 spiro atoms. The molecule has 132 valence electrons. The zero-order chi connectivity index (χ0) is 18.1. The van der Waals surface area contributed by atoms with E-state index in [0.717, 1.165) is 16.5 Å². The second-order valence-electron chi connectivity index (χ2n) is 5.34. The van der Waals surface area contributed by atoms with Gasteiger partial charge in [0.15, 0.2) is 6.61 Å². The van der Waals surface area contributed by atoms with Crippen molar-refractivity contribution in [2.45, 2.75) is 20.0 Å². The highest BCUT2D eigenvalue weighted by Crippen LogP contribution is 2.21. The lowest BCUT2D eigenvalue weighted by Crippen LogP contribution is -2.29. The van der Waals surface area contributed by atoms with Crippen molar-refractivity contribution in [1.82, 2.24) is 5.32 Å². The number of carbonyl (C=O) groups is 2. The van der Waals surface area contributed by atoms with Crippen molar-refractivity contribution < 1.29 is 19.1 Å². The summed E-state index contributed by atoms with van der Waals surface area (Å²) >= 11 is 3.41. The van der Waals surface area contributed by atoms with E-state index >= 15 is 0 Å². The molecule has 0 radical (unpaired) electrons. The topological polar surface area (TPSA) is 64.6 Å². The van der Waals surface area contributed by atoms with E-state index in [4.69, 9.17) is 9.47 Å². The number of para-hydroxylation sites is 1. The number of halogens is 1. The van der Waals surface area contributed by atoms with Crippen molar-refractivity contribution in [2.75, 3.05) is 13.2 Å². The second-order valence-corrected chi connectivity index (χ2v) is 6.26. The van der Waals surface area contributed by atoms with Gasteiger partial charge in [0.25, 0.3) is 5.91 Å². The minimum absolute atomic E-state index is 0.292. The molecule has 0 heterocycles. The first-order chi connectivity index (χ1) is 12.1. The van der Waals surface area contributed by atoms with E-state index < -0.39 is 5.97 Å². The first kappa shape index (κ1) is 19.0. The highest BCUT2D eigenvalue weighted by atomic mass is 79.9. The van der Waals surface area contributed by atoms with Crippen LogP contribution in [0.15, 0.2) is 53.0 Å². The average Bonchev–Trinajstić information content (AvgIpc) is 2.63. The molecule has 2 aromatic carbocycles. The van der Waals surface area contributed by atoms with Gasteiger partial charge in [-0.1, -0.05) is 47.1 Å². The third kappa shape index (κ3) is 6.23. The summed E-state index contributed by atoms with van der Waals surface area (Å²) in [5.74, 6) is -0.485. The molecule has 0 aliphatic rings. The van der Waals surface area contributed by atoms with Gasteiger partial charge in [0.2, 0.25) is 0 Å². The fourth-order valence-corrected chi connectivity index (χ4v) is 2.52. The fourth-order valence-electron chi connectivity index (χ4n) is 2.07. The zero-order valence-corrected chi connectivity index (χ0v) is 15.5. The van der Waals surface area contributed by atoms with Crippen molar-refractivity contribution in [3.8, 4) is 5.75 Å². The molecule has 1 amide bonds. The van der Waals surface area contributed by atoms with E-state index in [9.17, 15) is 9.59 Å². The second kappa shape index (κ2) is 9.84. The van der Waals surface area contributed by atoms with Crippen LogP contribution in [0.2, 0.25) is 0 Å². The number of esters is 1. The highest BCUT2D eigenvalue weighted by Gasteiger charge is 2.15. The van der Waals surface area contributed by atoms with Gasteiger partial charge in [-0.3, -0.25) is 4.79 Å². The van der Waals surface area contributed by atoms with E-state index in [-0.39, 0.29) is 12.5 Å². The van der Waals surface area contributed by atoms with Crippen LogP contribution in [-0.2, 0) is 16.1 Å². The van der Waals surface area contributed by atoms with E-state index in [2.05, 4.69) is 21.2 Å². The van der Waals surface area contributed by atoms with Crippen LogP contribution in [0.25, 0.3) is 0 Å². The lowest BCUT2D eigenvalue weighted by molar-refractivity contribution is -0.124. The molecule has 0 saturated heterocycles. The molecule has 0 saturated carbocycles. The third-order valence-corrected chi connectivity index (χ3v) is 3.79. The number of benzene rings is 2. The van der Waals surface area contributed by atoms with E-state index in [1.54, 1.807) is 24.3 Å². The SMILES string of the molecule is CCCNC(=O)COC(=O)c1ccccc1OCc1cccc(Br)c1. The fraction of sp³-hybridized carbons (Fsp3) is 0.263. The van der Waals surface area contributed by atoms with E-state index in [0.29, 0.717) is 24.5 Å². The Bertz CT molecular complexity index is 733. The number of nitrogens with one attached hydrogen (secondary N) is 1. The summed E-state index contributed by atoms with van der Waals surface area (Å²) in [6, 6.07) is 14.5. The van der Waals surface area contributed by atoms with Crippen LogP contribution in [0, 0.1) is 0 Å². The number of hydrogen-bond acceptors (Lipinski definition) is 4. The molecular formula is C19H20BrNO4. The Balaban J connectivity index is 1.97. The van der Waals surface area contributed by atoms with Gasteiger partial charge in [0.05, 0.1) is 0 Å². The van der Waals surface area contributed by atoms with Crippen molar-refractivity contribution in [3.05, 3.63) is 64.1 Å². The first-order valence-corrected chi connectivity index (χ1v) is 8.79. The Hall–Kier alpha value is -2.34. The van der Waals surface area contributed by atoms with Crippen LogP contribution in [-0.4, -0.2) is 25.0 Å². The Morgan fingerprint density at radius 2 is 1.92 bits per heavy atom. The van der Waals surface area contributed by atoms with Crippen LogP contribution in [0.3, 0.4) is 0 Å². The van der Waals surface area contributed by atoms with Crippen LogP contribution in [0.4, 0.5) is 0 Å². The Morgan fingerprint density at radius 3 is 2.68 bits per heavy atom. The maximum absolute atomic E-state index is 12.2. The monoisotopic (exact) mass is 405 g/mol. The molecule has 0 aliphatic heterocycles. The van der Waals surface area contributed by atoms with Gasteiger partial charge in [0, 0.05) is 11.0 Å². The largest absolute Gasteiger partial charge is 0.488 e. The van der Waals surface area contributed by atoms with Gasteiger partial charge >= 0.3 is 5.97 Å². The number of rotatable bonds is 8. The Morgan fingerprint density at radius 1 is 1.12 bits per heavy atom. The van der Waals surface area contributed by atoms with Crippen LogP contribution in [0.5, 0.6) is 5.75 Å². The van der Waals surface area contributed by atoms with Crippen LogP contribution < -0.4 is 10.1 Å². The lowest BCUT2D eigenvalue weighted by Gasteiger charge is -2.11. The molecule has 1 N–H and O–H groups in total. The molecule has 0 bridgehead atoms. The average molecular weight is 406 g/mol. The lowest BCUT2D eigenvalue weighted by atomic mass is 10.2. The summed E-state index contributed by atoms with van der Waals surface area (Å²) < 4.78 is 11.8.